The molecular weight excluding hydrogens is 406 g/mol. The first kappa shape index (κ1) is 21.8. The average Bonchev–Trinajstić information content (AvgIpc) is 2.66. The van der Waals surface area contributed by atoms with E-state index in [1.54, 1.807) is 6.92 Å². The predicted molar refractivity (Wildman–Crippen MR) is 111 cm³/mol. The molecule has 150 valence electrons. The van der Waals surface area contributed by atoms with Crippen molar-refractivity contribution in [3.05, 3.63) is 65.2 Å². The van der Waals surface area contributed by atoms with Gasteiger partial charge in [0, 0.05) is 5.75 Å². The summed E-state index contributed by atoms with van der Waals surface area (Å²) in [7, 11) is -3.71. The van der Waals surface area contributed by atoms with Crippen LogP contribution in [0.2, 0.25) is 0 Å². The molecule has 0 amide bonds. The Morgan fingerprint density at radius 1 is 1.21 bits per heavy atom. The maximum atomic E-state index is 14.5. The first-order valence-corrected chi connectivity index (χ1v) is 11.0. The van der Waals surface area contributed by atoms with Gasteiger partial charge in [-0.3, -0.25) is 4.72 Å². The number of sulfonamides is 1. The Morgan fingerprint density at radius 3 is 2.61 bits per heavy atom. The molecule has 0 fully saturated rings. The van der Waals surface area contributed by atoms with Gasteiger partial charge in [0.2, 0.25) is 10.0 Å². The molecule has 0 atom stereocenters. The van der Waals surface area contributed by atoms with Crippen LogP contribution in [0.4, 0.5) is 14.5 Å². The van der Waals surface area contributed by atoms with Crippen molar-refractivity contribution in [2.45, 2.75) is 19.1 Å². The molecule has 3 N–H and O–H groups in total. The number of halogens is 2. The van der Waals surface area contributed by atoms with Gasteiger partial charge in [0.05, 0.1) is 23.2 Å². The molecule has 2 rings (SSSR count). The lowest BCUT2D eigenvalue weighted by atomic mass is 10.2. The van der Waals surface area contributed by atoms with Gasteiger partial charge in [0.15, 0.2) is 11.0 Å². The van der Waals surface area contributed by atoms with Crippen LogP contribution in [0.15, 0.2) is 52.7 Å². The minimum atomic E-state index is -3.71. The maximum Gasteiger partial charge on any atom is 0.232 e. The van der Waals surface area contributed by atoms with Crippen LogP contribution in [0.3, 0.4) is 0 Å². The number of nitrogens with one attached hydrogen (secondary N) is 1. The Labute approximate surface area is 167 Å². The second-order valence-corrected chi connectivity index (χ2v) is 8.54. The summed E-state index contributed by atoms with van der Waals surface area (Å²) in [5, 5.41) is 7.44. The summed E-state index contributed by atoms with van der Waals surface area (Å²) in [4.78, 5) is 0. The van der Waals surface area contributed by atoms with E-state index in [4.69, 9.17) is 5.73 Å². The molecular formula is C18H20F2N4O2S2. The van der Waals surface area contributed by atoms with Gasteiger partial charge < -0.3 is 5.73 Å². The number of amidine groups is 1. The maximum absolute atomic E-state index is 14.5. The molecule has 2 aromatic rings. The fourth-order valence-corrected chi connectivity index (χ4v) is 3.90. The van der Waals surface area contributed by atoms with Crippen molar-refractivity contribution in [1.82, 2.24) is 0 Å². The molecule has 0 aliphatic rings. The summed E-state index contributed by atoms with van der Waals surface area (Å²) in [5.41, 5.74) is 5.90. The van der Waals surface area contributed by atoms with Gasteiger partial charge in [0.25, 0.3) is 0 Å². The molecule has 0 aromatic heterocycles. The number of nitrogens with zero attached hydrogens (tertiary/aromatic N) is 2. The van der Waals surface area contributed by atoms with E-state index in [0.717, 1.165) is 23.9 Å². The highest BCUT2D eigenvalue weighted by atomic mass is 32.2. The first-order valence-electron chi connectivity index (χ1n) is 8.34. The SMILES string of the molecule is CCCS(=O)(=O)Nc1ccc(F)c(C=NN=C(N)SCc2ccccc2)c1F. The standard InChI is InChI=1S/C18H20F2N4O2S2/c1-2-10-28(25,26)24-16-9-8-15(19)14(17(16)20)11-22-23-18(21)27-12-13-6-4-3-5-7-13/h3-9,11,24H,2,10,12H2,1H3,(H2,21,23). The minimum absolute atomic E-state index is 0.126. The number of hydrogen-bond donors (Lipinski definition) is 2. The van der Waals surface area contributed by atoms with Crippen molar-refractivity contribution in [1.29, 1.82) is 0 Å². The van der Waals surface area contributed by atoms with Crippen molar-refractivity contribution in [2.75, 3.05) is 10.5 Å². The van der Waals surface area contributed by atoms with E-state index in [-0.39, 0.29) is 16.6 Å². The van der Waals surface area contributed by atoms with Crippen LogP contribution in [0, 0.1) is 11.6 Å². The fraction of sp³-hybridized carbons (Fsp3) is 0.222. The van der Waals surface area contributed by atoms with Gasteiger partial charge in [-0.15, -0.1) is 5.10 Å². The van der Waals surface area contributed by atoms with Gasteiger partial charge in [0.1, 0.15) is 5.82 Å². The van der Waals surface area contributed by atoms with Crippen molar-refractivity contribution < 1.29 is 17.2 Å². The van der Waals surface area contributed by atoms with Gasteiger partial charge in [-0.2, -0.15) is 5.10 Å². The molecule has 0 bridgehead atoms. The van der Waals surface area contributed by atoms with E-state index in [1.807, 2.05) is 30.3 Å². The van der Waals surface area contributed by atoms with Crippen LogP contribution in [0.5, 0.6) is 0 Å². The number of anilines is 1. The number of rotatable bonds is 8. The van der Waals surface area contributed by atoms with Crippen molar-refractivity contribution in [3.8, 4) is 0 Å². The molecule has 0 radical (unpaired) electrons. The van der Waals surface area contributed by atoms with E-state index in [0.29, 0.717) is 12.2 Å². The summed E-state index contributed by atoms with van der Waals surface area (Å²) < 4.78 is 54.1. The Bertz CT molecular complexity index is 965. The number of hydrogen-bond acceptors (Lipinski definition) is 5. The third-order valence-corrected chi connectivity index (χ3v) is 5.77. The molecule has 6 nitrogen and oxygen atoms in total. The Morgan fingerprint density at radius 2 is 1.93 bits per heavy atom. The summed E-state index contributed by atoms with van der Waals surface area (Å²) in [6.45, 7) is 1.68. The monoisotopic (exact) mass is 426 g/mol. The van der Waals surface area contributed by atoms with Crippen molar-refractivity contribution in [2.24, 2.45) is 15.9 Å². The molecule has 0 spiro atoms. The molecule has 10 heteroatoms. The fourth-order valence-electron chi connectivity index (χ4n) is 2.16. The first-order chi connectivity index (χ1) is 13.3. The summed E-state index contributed by atoms with van der Waals surface area (Å²) in [6.07, 6.45) is 1.22. The van der Waals surface area contributed by atoms with Crippen LogP contribution in [0.25, 0.3) is 0 Å². The van der Waals surface area contributed by atoms with Crippen LogP contribution in [0.1, 0.15) is 24.5 Å². The molecule has 0 heterocycles. The zero-order valence-electron chi connectivity index (χ0n) is 15.1. The van der Waals surface area contributed by atoms with Crippen LogP contribution < -0.4 is 10.5 Å². The zero-order chi connectivity index (χ0) is 20.6. The molecule has 28 heavy (non-hydrogen) atoms. The normalized spacial score (nSPS) is 12.5. The smallest absolute Gasteiger partial charge is 0.232 e. The predicted octanol–water partition coefficient (Wildman–Crippen LogP) is 3.70. The van der Waals surface area contributed by atoms with Crippen LogP contribution in [-0.2, 0) is 15.8 Å². The Hall–Kier alpha value is -2.46. The highest BCUT2D eigenvalue weighted by Gasteiger charge is 2.16. The number of benzene rings is 2. The third-order valence-electron chi connectivity index (χ3n) is 3.44. The number of thioether (sulfide) groups is 1. The lowest BCUT2D eigenvalue weighted by molar-refractivity contribution is 0.580. The third kappa shape index (κ3) is 6.61. The van der Waals surface area contributed by atoms with Crippen molar-refractivity contribution in [3.63, 3.8) is 0 Å². The van der Waals surface area contributed by atoms with Gasteiger partial charge in [-0.05, 0) is 24.1 Å². The molecule has 0 aliphatic carbocycles. The van der Waals surface area contributed by atoms with E-state index in [9.17, 15) is 17.2 Å². The zero-order valence-corrected chi connectivity index (χ0v) is 16.7. The van der Waals surface area contributed by atoms with E-state index in [1.165, 1.54) is 11.8 Å². The lowest BCUT2D eigenvalue weighted by Gasteiger charge is -2.09. The molecule has 0 unspecified atom stereocenters. The van der Waals surface area contributed by atoms with E-state index in [2.05, 4.69) is 14.9 Å². The van der Waals surface area contributed by atoms with Crippen LogP contribution in [-0.4, -0.2) is 25.6 Å². The highest BCUT2D eigenvalue weighted by Crippen LogP contribution is 2.21. The second-order valence-electron chi connectivity index (χ2n) is 5.70. The summed E-state index contributed by atoms with van der Waals surface area (Å²) in [6, 6.07) is 11.5. The molecule has 0 aliphatic heterocycles. The molecule has 0 saturated heterocycles. The largest absolute Gasteiger partial charge is 0.377 e. The average molecular weight is 427 g/mol. The molecule has 0 saturated carbocycles. The van der Waals surface area contributed by atoms with E-state index >= 15 is 0 Å². The lowest BCUT2D eigenvalue weighted by Crippen LogP contribution is -2.17. The Kier molecular flexibility index (Phi) is 7.94. The summed E-state index contributed by atoms with van der Waals surface area (Å²) >= 11 is 1.22. The second kappa shape index (κ2) is 10.2. The van der Waals surface area contributed by atoms with Crippen molar-refractivity contribution >= 4 is 38.9 Å². The highest BCUT2D eigenvalue weighted by molar-refractivity contribution is 8.13. The number of nitrogens with two attached hydrogens (primary N) is 1. The van der Waals surface area contributed by atoms with E-state index < -0.39 is 27.2 Å². The van der Waals surface area contributed by atoms with Crippen LogP contribution >= 0.6 is 11.8 Å². The minimum Gasteiger partial charge on any atom is -0.377 e. The summed E-state index contributed by atoms with van der Waals surface area (Å²) in [5.74, 6) is -1.57. The van der Waals surface area contributed by atoms with Gasteiger partial charge >= 0.3 is 0 Å². The van der Waals surface area contributed by atoms with Gasteiger partial charge in [-0.1, -0.05) is 49.0 Å². The topological polar surface area (TPSA) is 96.9 Å². The van der Waals surface area contributed by atoms with Gasteiger partial charge in [-0.25, -0.2) is 17.2 Å². The Balaban J connectivity index is 2.10. The quantitative estimate of drug-likeness (QED) is 0.382. The molecule has 2 aromatic carbocycles.